The van der Waals surface area contributed by atoms with Crippen LogP contribution >= 0.6 is 0 Å². The van der Waals surface area contributed by atoms with Gasteiger partial charge in [0.25, 0.3) is 10.1 Å². The number of hydrogen-bond donors (Lipinski definition) is 2. The van der Waals surface area contributed by atoms with Crippen molar-refractivity contribution in [1.29, 1.82) is 0 Å². The van der Waals surface area contributed by atoms with E-state index in [1.165, 1.54) is 0 Å². The van der Waals surface area contributed by atoms with Crippen molar-refractivity contribution in [3.63, 3.8) is 0 Å². The molecular formula is C24H49NaO9SSn. The Bertz CT molecular complexity index is 681. The van der Waals surface area contributed by atoms with Crippen molar-refractivity contribution in [3.05, 3.63) is 0 Å². The molecule has 2 N–H and O–H groups in total. The van der Waals surface area contributed by atoms with Crippen LogP contribution in [0, 0.1) is 11.8 Å². The van der Waals surface area contributed by atoms with Gasteiger partial charge in [-0.25, -0.2) is 0 Å². The van der Waals surface area contributed by atoms with E-state index >= 15 is 0 Å². The van der Waals surface area contributed by atoms with Crippen molar-refractivity contribution in [1.82, 2.24) is 0 Å². The Kier molecular flexibility index (Phi) is 32.0. The standard InChI is InChI=1S/C20H38O7S.C4H8O2.Na.Sn.3H/c1-5-9-11-16(7-3)14-26-19(21)13-18(28(23,24)25)20(22)27-15-17(8-4)12-10-6-2;1-2-3-4(5)6;;;;;/h16-18H,5-15H2,1-4H3,(H,23,24,25);2-3H2,1H3,(H,5,6);;;;;/q;;+1;;;;-1. The molecule has 12 heteroatoms. The van der Waals surface area contributed by atoms with Gasteiger partial charge < -0.3 is 16.0 Å². The van der Waals surface area contributed by atoms with Crippen LogP contribution in [0.25, 0.3) is 0 Å². The van der Waals surface area contributed by atoms with Gasteiger partial charge in [0.1, 0.15) is 0 Å². The molecule has 0 aromatic rings. The van der Waals surface area contributed by atoms with Crippen LogP contribution in [-0.4, -0.2) is 78.4 Å². The second kappa shape index (κ2) is 26.7. The van der Waals surface area contributed by atoms with Crippen LogP contribution in [0.5, 0.6) is 0 Å². The maximum atomic E-state index is 12.2. The van der Waals surface area contributed by atoms with Gasteiger partial charge in [-0.3, -0.25) is 18.9 Å². The van der Waals surface area contributed by atoms with E-state index in [1.54, 1.807) is 0 Å². The first kappa shape index (κ1) is 43.2. The number of ether oxygens (including phenoxy) is 2. The van der Waals surface area contributed by atoms with Crippen LogP contribution in [0.15, 0.2) is 0 Å². The topological polar surface area (TPSA) is 144 Å². The van der Waals surface area contributed by atoms with Gasteiger partial charge in [-0.15, -0.1) is 0 Å². The summed E-state index contributed by atoms with van der Waals surface area (Å²) in [6.07, 6.45) is 7.76. The predicted molar refractivity (Wildman–Crippen MR) is 141 cm³/mol. The summed E-state index contributed by atoms with van der Waals surface area (Å²) in [6.45, 7) is 10.2. The predicted octanol–water partition coefficient (Wildman–Crippen LogP) is 1.22. The number of carboxylic acids is 1. The second-order valence-corrected chi connectivity index (χ2v) is 10.1. The van der Waals surface area contributed by atoms with Crippen molar-refractivity contribution in [2.45, 2.75) is 110 Å². The fourth-order valence-corrected chi connectivity index (χ4v) is 3.69. The third-order valence-corrected chi connectivity index (χ3v) is 6.54. The third kappa shape index (κ3) is 24.5. The van der Waals surface area contributed by atoms with Crippen LogP contribution in [0.2, 0.25) is 0 Å². The summed E-state index contributed by atoms with van der Waals surface area (Å²) < 4.78 is 42.8. The zero-order valence-corrected chi connectivity index (χ0v) is 30.1. The van der Waals surface area contributed by atoms with Crippen molar-refractivity contribution < 1.29 is 72.9 Å². The molecule has 3 atom stereocenters. The van der Waals surface area contributed by atoms with E-state index in [0.29, 0.717) is 6.42 Å². The van der Waals surface area contributed by atoms with Crippen molar-refractivity contribution >= 4 is 51.9 Å². The number of hydrogen-bond acceptors (Lipinski definition) is 7. The Morgan fingerprint density at radius 1 is 0.833 bits per heavy atom. The molecular weight excluding hydrogens is 606 g/mol. The van der Waals surface area contributed by atoms with Crippen LogP contribution in [0.4, 0.5) is 0 Å². The third-order valence-electron chi connectivity index (χ3n) is 5.47. The molecule has 0 aliphatic rings. The summed E-state index contributed by atoms with van der Waals surface area (Å²) in [5, 5.41) is 5.97. The van der Waals surface area contributed by atoms with Gasteiger partial charge in [0.2, 0.25) is 0 Å². The van der Waals surface area contributed by atoms with Crippen molar-refractivity contribution in [2.24, 2.45) is 11.8 Å². The molecule has 210 valence electrons. The van der Waals surface area contributed by atoms with E-state index in [4.69, 9.17) is 14.6 Å². The molecule has 0 bridgehead atoms. The van der Waals surface area contributed by atoms with Gasteiger partial charge >= 0.3 is 71.4 Å². The van der Waals surface area contributed by atoms with Crippen LogP contribution in [-0.2, 0) is 34.0 Å². The van der Waals surface area contributed by atoms with E-state index in [2.05, 4.69) is 13.8 Å². The van der Waals surface area contributed by atoms with Crippen molar-refractivity contribution in [3.8, 4) is 0 Å². The molecule has 36 heavy (non-hydrogen) atoms. The molecule has 0 aliphatic carbocycles. The first-order chi connectivity index (χ1) is 16.0. The van der Waals surface area contributed by atoms with Crippen LogP contribution in [0.3, 0.4) is 0 Å². The molecule has 0 rings (SSSR count). The number of carbonyl (C=O) groups is 3. The van der Waals surface area contributed by atoms with E-state index in [-0.39, 0.29) is 79.9 Å². The molecule has 0 aromatic carbocycles. The minimum absolute atomic E-state index is 0. The number of unbranched alkanes of at least 4 members (excludes halogenated alkanes) is 2. The number of carbonyl (C=O) groups excluding carboxylic acids is 2. The molecule has 3 unspecified atom stereocenters. The molecule has 0 spiro atoms. The van der Waals surface area contributed by atoms with Gasteiger partial charge in [0, 0.05) is 6.42 Å². The van der Waals surface area contributed by atoms with Gasteiger partial charge in [0.05, 0.1) is 19.6 Å². The SMILES string of the molecule is CCCC(=O)O.CCCCC(CC)COC(=O)CC(C(=O)OCC(CC)CCCC)S(=O)(=O)O.[H-].[Na+].[SnH2]. The normalized spacial score (nSPS) is 12.9. The molecule has 0 amide bonds. The molecule has 2 radical (unpaired) electrons. The maximum absolute atomic E-state index is 12.2. The first-order valence-electron chi connectivity index (χ1n) is 12.5. The Morgan fingerprint density at radius 2 is 1.28 bits per heavy atom. The summed E-state index contributed by atoms with van der Waals surface area (Å²) >= 11 is 0. The van der Waals surface area contributed by atoms with E-state index in [0.717, 1.165) is 57.8 Å². The molecule has 0 saturated heterocycles. The molecule has 0 aliphatic heterocycles. The first-order valence-corrected chi connectivity index (χ1v) is 14.0. The molecule has 0 saturated carbocycles. The second-order valence-electron chi connectivity index (χ2n) is 8.50. The summed E-state index contributed by atoms with van der Waals surface area (Å²) in [4.78, 5) is 33.8. The summed E-state index contributed by atoms with van der Waals surface area (Å²) in [5.74, 6) is -2.32. The fourth-order valence-electron chi connectivity index (χ4n) is 3.03. The Hall–Kier alpha value is 0.119. The molecule has 0 heterocycles. The van der Waals surface area contributed by atoms with Gasteiger partial charge in [-0.2, -0.15) is 8.42 Å². The fraction of sp³-hybridized carbons (Fsp3) is 0.875. The number of rotatable bonds is 18. The van der Waals surface area contributed by atoms with Crippen molar-refractivity contribution in [2.75, 3.05) is 13.2 Å². The van der Waals surface area contributed by atoms with E-state index in [9.17, 15) is 27.4 Å². The number of esters is 2. The summed E-state index contributed by atoms with van der Waals surface area (Å²) in [6, 6.07) is 0. The number of aliphatic carboxylic acids is 1. The average Bonchev–Trinajstić information content (AvgIpc) is 2.77. The Balaban J connectivity index is -0.000000337. The molecule has 0 aromatic heterocycles. The quantitative estimate of drug-likeness (QED) is 0.127. The summed E-state index contributed by atoms with van der Waals surface area (Å²) in [5.41, 5.74) is 0. The van der Waals surface area contributed by atoms with Crippen LogP contribution < -0.4 is 29.6 Å². The van der Waals surface area contributed by atoms with Gasteiger partial charge in [-0.1, -0.05) is 73.1 Å². The molecule has 0 fully saturated rings. The minimum atomic E-state index is -4.76. The van der Waals surface area contributed by atoms with Gasteiger partial charge in [0.15, 0.2) is 5.25 Å². The zero-order chi connectivity index (χ0) is 26.6. The van der Waals surface area contributed by atoms with E-state index < -0.39 is 39.7 Å². The average molecular weight is 655 g/mol. The molecule has 9 nitrogen and oxygen atoms in total. The van der Waals surface area contributed by atoms with Gasteiger partial charge in [-0.05, 0) is 31.1 Å². The summed E-state index contributed by atoms with van der Waals surface area (Å²) in [7, 11) is -4.76. The Morgan fingerprint density at radius 3 is 1.58 bits per heavy atom. The Labute approximate surface area is 258 Å². The zero-order valence-electron chi connectivity index (χ0n) is 24.3. The number of carboxylic acid groups (broad SMARTS) is 1. The van der Waals surface area contributed by atoms with E-state index in [1.807, 2.05) is 20.8 Å². The van der Waals surface area contributed by atoms with Crippen LogP contribution in [0.1, 0.15) is 107 Å². The monoisotopic (exact) mass is 656 g/mol.